The lowest BCUT2D eigenvalue weighted by atomic mass is 9.79. The molecule has 3 amide bonds. The minimum absolute atomic E-state index is 0.110. The molecular weight excluding hydrogens is 490 g/mol. The molecule has 9 heteroatoms. The Morgan fingerprint density at radius 3 is 2.15 bits per heavy atom. The second-order valence-electron chi connectivity index (χ2n) is 10.2. The fourth-order valence-corrected chi connectivity index (χ4v) is 5.55. The van der Waals surface area contributed by atoms with Crippen LogP contribution < -0.4 is 15.5 Å². The van der Waals surface area contributed by atoms with E-state index in [1.165, 1.54) is 0 Å². The average Bonchev–Trinajstić information content (AvgIpc) is 2.98. The largest absolute Gasteiger partial charge is 0.368 e. The van der Waals surface area contributed by atoms with Gasteiger partial charge in [-0.1, -0.05) is 43.5 Å². The number of nitriles is 1. The summed E-state index contributed by atoms with van der Waals surface area (Å²) in [5, 5.41) is 15.4. The molecule has 1 aliphatic heterocycles. The van der Waals surface area contributed by atoms with Crippen molar-refractivity contribution in [3.05, 3.63) is 72.3 Å². The van der Waals surface area contributed by atoms with Crippen LogP contribution in [0.5, 0.6) is 0 Å². The van der Waals surface area contributed by atoms with Crippen LogP contribution in [0.3, 0.4) is 0 Å². The van der Waals surface area contributed by atoms with Crippen LogP contribution in [0, 0.1) is 11.3 Å². The first-order valence-corrected chi connectivity index (χ1v) is 13.5. The molecule has 1 aromatic heterocycles. The highest BCUT2D eigenvalue weighted by Gasteiger charge is 2.37. The van der Waals surface area contributed by atoms with Gasteiger partial charge in [-0.3, -0.25) is 4.79 Å². The SMILES string of the molecule is CC(=O)N1CCN(c2ccc(-c3ccc(NC(=O)NC4(c5ccnc(C#N)n5)CCCCC4)cc3)cc2)CC1. The maximum atomic E-state index is 13.1. The first kappa shape index (κ1) is 26.2. The molecule has 0 unspecified atom stereocenters. The Balaban J connectivity index is 1.22. The summed E-state index contributed by atoms with van der Waals surface area (Å²) in [6.07, 6.45) is 6.19. The molecular formula is C30H33N7O2. The molecule has 1 saturated carbocycles. The number of amides is 3. The van der Waals surface area contributed by atoms with E-state index >= 15 is 0 Å². The molecule has 2 fully saturated rings. The van der Waals surface area contributed by atoms with Gasteiger partial charge in [-0.25, -0.2) is 14.8 Å². The number of hydrogen-bond donors (Lipinski definition) is 2. The fraction of sp³-hybridized carbons (Fsp3) is 0.367. The van der Waals surface area contributed by atoms with Gasteiger partial charge in [0.05, 0.1) is 11.2 Å². The van der Waals surface area contributed by atoms with Gasteiger partial charge in [-0.05, 0) is 54.3 Å². The summed E-state index contributed by atoms with van der Waals surface area (Å²) < 4.78 is 0. The minimum Gasteiger partial charge on any atom is -0.368 e. The first-order chi connectivity index (χ1) is 19.0. The normalized spacial score (nSPS) is 16.7. The number of anilines is 2. The molecule has 0 atom stereocenters. The molecule has 2 heterocycles. The second-order valence-corrected chi connectivity index (χ2v) is 10.2. The number of rotatable bonds is 5. The predicted molar refractivity (Wildman–Crippen MR) is 150 cm³/mol. The highest BCUT2D eigenvalue weighted by atomic mass is 16.2. The number of nitrogens with zero attached hydrogens (tertiary/aromatic N) is 5. The molecule has 200 valence electrons. The van der Waals surface area contributed by atoms with Crippen LogP contribution >= 0.6 is 0 Å². The second kappa shape index (κ2) is 11.5. The van der Waals surface area contributed by atoms with Crippen LogP contribution in [-0.4, -0.2) is 53.0 Å². The molecule has 2 aromatic carbocycles. The summed E-state index contributed by atoms with van der Waals surface area (Å²) in [5.74, 6) is 0.243. The summed E-state index contributed by atoms with van der Waals surface area (Å²) >= 11 is 0. The molecule has 9 nitrogen and oxygen atoms in total. The standard InChI is InChI=1S/C30H33N7O2/c1-22(38)36-17-19-37(20-18-36)26-11-7-24(8-12-26)23-5-9-25(10-6-23)33-29(39)35-30(14-3-2-4-15-30)27-13-16-32-28(21-31)34-27/h5-13,16H,2-4,14-15,17-20H2,1H3,(H2,33,35,39). The van der Waals surface area contributed by atoms with E-state index in [2.05, 4.69) is 49.8 Å². The summed E-state index contributed by atoms with van der Waals surface area (Å²) in [4.78, 5) is 37.2. The topological polar surface area (TPSA) is 114 Å². The summed E-state index contributed by atoms with van der Waals surface area (Å²) in [6.45, 7) is 4.79. The van der Waals surface area contributed by atoms with E-state index in [4.69, 9.17) is 0 Å². The predicted octanol–water partition coefficient (Wildman–Crippen LogP) is 4.66. The molecule has 5 rings (SSSR count). The maximum Gasteiger partial charge on any atom is 0.319 e. The van der Waals surface area contributed by atoms with Gasteiger partial charge < -0.3 is 20.4 Å². The molecule has 39 heavy (non-hydrogen) atoms. The first-order valence-electron chi connectivity index (χ1n) is 13.5. The van der Waals surface area contributed by atoms with Crippen molar-refractivity contribution in [3.63, 3.8) is 0 Å². The van der Waals surface area contributed by atoms with Crippen LogP contribution in [0.1, 0.15) is 50.5 Å². The number of aromatic nitrogens is 2. The number of carbonyl (C=O) groups is 2. The van der Waals surface area contributed by atoms with E-state index in [0.29, 0.717) is 11.4 Å². The van der Waals surface area contributed by atoms with E-state index in [0.717, 1.165) is 75.1 Å². The van der Waals surface area contributed by atoms with E-state index in [9.17, 15) is 14.9 Å². The van der Waals surface area contributed by atoms with Gasteiger partial charge in [0.2, 0.25) is 11.7 Å². The fourth-order valence-electron chi connectivity index (χ4n) is 5.55. The lowest BCUT2D eigenvalue weighted by Gasteiger charge is -2.37. The summed E-state index contributed by atoms with van der Waals surface area (Å²) in [6, 6.07) is 19.7. The highest BCUT2D eigenvalue weighted by molar-refractivity contribution is 5.90. The third kappa shape index (κ3) is 6.01. The van der Waals surface area contributed by atoms with Gasteiger partial charge in [0.1, 0.15) is 6.07 Å². The number of carbonyl (C=O) groups excluding carboxylic acids is 2. The number of urea groups is 1. The quantitative estimate of drug-likeness (QED) is 0.503. The third-order valence-electron chi connectivity index (χ3n) is 7.74. The summed E-state index contributed by atoms with van der Waals surface area (Å²) in [5.41, 5.74) is 4.07. The van der Waals surface area contributed by atoms with Gasteiger partial charge in [-0.15, -0.1) is 0 Å². The third-order valence-corrected chi connectivity index (χ3v) is 7.74. The van der Waals surface area contributed by atoms with Crippen molar-refractivity contribution >= 4 is 23.3 Å². The molecule has 0 radical (unpaired) electrons. The highest BCUT2D eigenvalue weighted by Crippen LogP contribution is 2.36. The van der Waals surface area contributed by atoms with Crippen molar-refractivity contribution in [2.45, 2.75) is 44.6 Å². The van der Waals surface area contributed by atoms with Crippen molar-refractivity contribution < 1.29 is 9.59 Å². The zero-order chi connectivity index (χ0) is 27.2. The summed E-state index contributed by atoms with van der Waals surface area (Å²) in [7, 11) is 0. The van der Waals surface area contributed by atoms with Crippen molar-refractivity contribution in [3.8, 4) is 17.2 Å². The lowest BCUT2D eigenvalue weighted by Crippen LogP contribution is -2.49. The molecule has 0 spiro atoms. The Morgan fingerprint density at radius 2 is 1.54 bits per heavy atom. The van der Waals surface area contributed by atoms with Crippen molar-refractivity contribution in [2.75, 3.05) is 36.4 Å². The zero-order valence-corrected chi connectivity index (χ0v) is 22.2. The molecule has 0 bridgehead atoms. The van der Waals surface area contributed by atoms with Gasteiger partial charge in [0.25, 0.3) is 0 Å². The van der Waals surface area contributed by atoms with E-state index in [1.54, 1.807) is 19.2 Å². The Labute approximate surface area is 228 Å². The Hall–Kier alpha value is -4.45. The monoisotopic (exact) mass is 523 g/mol. The molecule has 1 saturated heterocycles. The van der Waals surface area contributed by atoms with Crippen LogP contribution in [0.4, 0.5) is 16.2 Å². The van der Waals surface area contributed by atoms with E-state index in [1.807, 2.05) is 35.2 Å². The maximum absolute atomic E-state index is 13.1. The van der Waals surface area contributed by atoms with Crippen molar-refractivity contribution in [2.24, 2.45) is 0 Å². The van der Waals surface area contributed by atoms with E-state index < -0.39 is 5.54 Å². The van der Waals surface area contributed by atoms with E-state index in [-0.39, 0.29) is 17.8 Å². The number of benzene rings is 2. The minimum atomic E-state index is -0.614. The average molecular weight is 524 g/mol. The van der Waals surface area contributed by atoms with Crippen LogP contribution in [0.2, 0.25) is 0 Å². The van der Waals surface area contributed by atoms with Crippen molar-refractivity contribution in [1.29, 1.82) is 5.26 Å². The number of nitrogens with one attached hydrogen (secondary N) is 2. The molecule has 3 aromatic rings. The van der Waals surface area contributed by atoms with Crippen LogP contribution in [0.25, 0.3) is 11.1 Å². The van der Waals surface area contributed by atoms with Gasteiger partial charge in [-0.2, -0.15) is 5.26 Å². The van der Waals surface area contributed by atoms with Crippen LogP contribution in [0.15, 0.2) is 60.8 Å². The molecule has 1 aliphatic carbocycles. The number of piperazine rings is 1. The number of hydrogen-bond acceptors (Lipinski definition) is 6. The Bertz CT molecular complexity index is 1350. The lowest BCUT2D eigenvalue weighted by molar-refractivity contribution is -0.129. The van der Waals surface area contributed by atoms with Gasteiger partial charge >= 0.3 is 6.03 Å². The Morgan fingerprint density at radius 1 is 0.897 bits per heavy atom. The Kier molecular flexibility index (Phi) is 7.73. The van der Waals surface area contributed by atoms with Gasteiger partial charge in [0.15, 0.2) is 0 Å². The molecule has 2 aliphatic rings. The smallest absolute Gasteiger partial charge is 0.319 e. The zero-order valence-electron chi connectivity index (χ0n) is 22.2. The van der Waals surface area contributed by atoms with Crippen LogP contribution in [-0.2, 0) is 10.3 Å². The van der Waals surface area contributed by atoms with Crippen molar-refractivity contribution in [1.82, 2.24) is 20.2 Å². The molecule has 2 N–H and O–H groups in total. The van der Waals surface area contributed by atoms with Gasteiger partial charge in [0, 0.05) is 50.7 Å².